The lowest BCUT2D eigenvalue weighted by Gasteiger charge is -2.08. The number of aromatic nitrogens is 5. The first kappa shape index (κ1) is 14.3. The third kappa shape index (κ3) is 3.51. The lowest BCUT2D eigenvalue weighted by molar-refractivity contribution is 0.888. The Labute approximate surface area is 131 Å². The van der Waals surface area contributed by atoms with Gasteiger partial charge in [0, 0.05) is 35.6 Å². The fourth-order valence-corrected chi connectivity index (χ4v) is 3.55. The van der Waals surface area contributed by atoms with Crippen LogP contribution < -0.4 is 5.32 Å². The summed E-state index contributed by atoms with van der Waals surface area (Å²) in [7, 11) is 0. The Kier molecular flexibility index (Phi) is 4.66. The van der Waals surface area contributed by atoms with Crippen molar-refractivity contribution in [3.05, 3.63) is 29.7 Å². The second-order valence-electron chi connectivity index (χ2n) is 4.38. The van der Waals surface area contributed by atoms with Crippen LogP contribution in [0, 0.1) is 0 Å². The van der Waals surface area contributed by atoms with E-state index in [2.05, 4.69) is 32.3 Å². The summed E-state index contributed by atoms with van der Waals surface area (Å²) in [6, 6.07) is 2.04. The zero-order valence-corrected chi connectivity index (χ0v) is 13.3. The first-order valence-electron chi connectivity index (χ1n) is 6.82. The molecule has 0 aliphatic carbocycles. The van der Waals surface area contributed by atoms with Gasteiger partial charge < -0.3 is 5.32 Å². The number of nitrogens with zero attached hydrogens (tertiary/aromatic N) is 5. The van der Waals surface area contributed by atoms with Crippen LogP contribution in [0.15, 0.2) is 28.3 Å². The summed E-state index contributed by atoms with van der Waals surface area (Å²) < 4.78 is 2.87. The molecule has 0 aliphatic rings. The molecule has 0 spiro atoms. The maximum atomic E-state index is 4.43. The van der Waals surface area contributed by atoms with Crippen LogP contribution in [0.1, 0.15) is 19.0 Å². The van der Waals surface area contributed by atoms with Crippen molar-refractivity contribution in [1.82, 2.24) is 24.6 Å². The van der Waals surface area contributed by atoms with Gasteiger partial charge in [0.15, 0.2) is 0 Å². The minimum absolute atomic E-state index is 0.647. The van der Waals surface area contributed by atoms with E-state index in [1.54, 1.807) is 27.6 Å². The van der Waals surface area contributed by atoms with E-state index in [0.29, 0.717) is 5.78 Å². The van der Waals surface area contributed by atoms with Crippen LogP contribution in [0.3, 0.4) is 0 Å². The molecule has 0 atom stereocenters. The van der Waals surface area contributed by atoms with Gasteiger partial charge in [-0.3, -0.25) is 0 Å². The molecule has 0 bridgehead atoms. The molecule has 0 aliphatic heterocycles. The van der Waals surface area contributed by atoms with Gasteiger partial charge in [-0.2, -0.15) is 14.6 Å². The van der Waals surface area contributed by atoms with Gasteiger partial charge >= 0.3 is 0 Å². The summed E-state index contributed by atoms with van der Waals surface area (Å²) in [4.78, 5) is 12.8. The molecule has 0 unspecified atom stereocenters. The van der Waals surface area contributed by atoms with Crippen molar-refractivity contribution in [3.63, 3.8) is 0 Å². The van der Waals surface area contributed by atoms with Crippen LogP contribution >= 0.6 is 23.1 Å². The number of aryl methyl sites for hydroxylation is 1. The maximum absolute atomic E-state index is 4.43. The topological polar surface area (TPSA) is 68.0 Å². The minimum atomic E-state index is 0.647. The third-order valence-corrected chi connectivity index (χ3v) is 4.98. The molecular weight excluding hydrogens is 304 g/mol. The smallest absolute Gasteiger partial charge is 0.254 e. The molecule has 0 saturated carbocycles. The fraction of sp³-hybridized carbons (Fsp3) is 0.385. The largest absolute Gasteiger partial charge is 0.370 e. The van der Waals surface area contributed by atoms with Crippen LogP contribution in [0.4, 0.5) is 5.82 Å². The Morgan fingerprint density at radius 2 is 2.33 bits per heavy atom. The van der Waals surface area contributed by atoms with Gasteiger partial charge in [-0.05, 0) is 12.8 Å². The van der Waals surface area contributed by atoms with Crippen molar-refractivity contribution in [2.75, 3.05) is 17.6 Å². The Morgan fingerprint density at radius 1 is 1.38 bits per heavy atom. The zero-order chi connectivity index (χ0) is 14.5. The Balaban J connectivity index is 1.56. The molecule has 0 amide bonds. The first-order chi connectivity index (χ1) is 10.4. The average Bonchev–Trinajstić information content (AvgIpc) is 3.17. The highest BCUT2D eigenvalue weighted by molar-refractivity contribution is 8.00. The Hall–Kier alpha value is -1.67. The lowest BCUT2D eigenvalue weighted by atomic mass is 10.3. The molecule has 0 radical (unpaired) electrons. The van der Waals surface area contributed by atoms with E-state index >= 15 is 0 Å². The van der Waals surface area contributed by atoms with E-state index < -0.39 is 0 Å². The second-order valence-corrected chi connectivity index (χ2v) is 6.62. The van der Waals surface area contributed by atoms with Crippen molar-refractivity contribution in [3.8, 4) is 0 Å². The van der Waals surface area contributed by atoms with Crippen molar-refractivity contribution in [1.29, 1.82) is 0 Å². The van der Waals surface area contributed by atoms with E-state index in [0.717, 1.165) is 41.0 Å². The van der Waals surface area contributed by atoms with Crippen LogP contribution in [0.2, 0.25) is 0 Å². The summed E-state index contributed by atoms with van der Waals surface area (Å²) in [5, 5.41) is 9.62. The van der Waals surface area contributed by atoms with Crippen LogP contribution in [0.5, 0.6) is 0 Å². The standard InChI is InChI=1S/C13H16N6S2/c1-2-10-8-11(19-12(18-10)16-9-17-19)14-4-3-6-20-13-15-5-7-21-13/h5,7-9,14H,2-4,6H2,1H3. The monoisotopic (exact) mass is 320 g/mol. The molecule has 3 rings (SSSR count). The molecule has 6 nitrogen and oxygen atoms in total. The maximum Gasteiger partial charge on any atom is 0.254 e. The summed E-state index contributed by atoms with van der Waals surface area (Å²) in [5.74, 6) is 2.65. The molecule has 21 heavy (non-hydrogen) atoms. The number of hydrogen-bond acceptors (Lipinski definition) is 7. The number of hydrogen-bond donors (Lipinski definition) is 1. The minimum Gasteiger partial charge on any atom is -0.370 e. The summed E-state index contributed by atoms with van der Waals surface area (Å²) in [6.45, 7) is 2.98. The number of fused-ring (bicyclic) bond motifs is 1. The molecule has 8 heteroatoms. The first-order valence-corrected chi connectivity index (χ1v) is 8.69. The van der Waals surface area contributed by atoms with E-state index in [1.807, 2.05) is 17.6 Å². The fourth-order valence-electron chi connectivity index (χ4n) is 1.90. The summed E-state index contributed by atoms with van der Waals surface area (Å²) in [6.07, 6.45) is 5.32. The molecule has 3 aromatic rings. The van der Waals surface area contributed by atoms with Gasteiger partial charge in [-0.25, -0.2) is 9.97 Å². The van der Waals surface area contributed by atoms with Crippen molar-refractivity contribution in [2.45, 2.75) is 24.1 Å². The highest BCUT2D eigenvalue weighted by atomic mass is 32.2. The summed E-state index contributed by atoms with van der Waals surface area (Å²) >= 11 is 3.48. The predicted octanol–water partition coefficient (Wildman–Crippen LogP) is 2.74. The SMILES string of the molecule is CCc1cc(NCCCSc2nccs2)n2ncnc2n1. The number of thioether (sulfide) groups is 1. The average molecular weight is 320 g/mol. The van der Waals surface area contributed by atoms with Gasteiger partial charge in [0.1, 0.15) is 16.5 Å². The lowest BCUT2D eigenvalue weighted by Crippen LogP contribution is -2.09. The quantitative estimate of drug-likeness (QED) is 0.533. The van der Waals surface area contributed by atoms with E-state index in [-0.39, 0.29) is 0 Å². The predicted molar refractivity (Wildman–Crippen MR) is 86.1 cm³/mol. The Bertz CT molecular complexity index is 694. The molecular formula is C13H16N6S2. The van der Waals surface area contributed by atoms with Crippen LogP contribution in [-0.4, -0.2) is 36.9 Å². The normalized spacial score (nSPS) is 11.1. The van der Waals surface area contributed by atoms with Gasteiger partial charge in [0.05, 0.1) is 0 Å². The summed E-state index contributed by atoms with van der Waals surface area (Å²) in [5.41, 5.74) is 1.02. The molecule has 1 N–H and O–H groups in total. The van der Waals surface area contributed by atoms with Crippen LogP contribution in [-0.2, 0) is 6.42 Å². The van der Waals surface area contributed by atoms with E-state index in [1.165, 1.54) is 6.33 Å². The number of nitrogens with one attached hydrogen (secondary N) is 1. The molecule has 110 valence electrons. The van der Waals surface area contributed by atoms with Crippen molar-refractivity contribution >= 4 is 34.7 Å². The van der Waals surface area contributed by atoms with Gasteiger partial charge in [0.2, 0.25) is 0 Å². The van der Waals surface area contributed by atoms with Crippen molar-refractivity contribution in [2.24, 2.45) is 0 Å². The molecule has 3 aromatic heterocycles. The molecule has 0 fully saturated rings. The zero-order valence-electron chi connectivity index (χ0n) is 11.7. The van der Waals surface area contributed by atoms with Gasteiger partial charge in [-0.15, -0.1) is 11.3 Å². The van der Waals surface area contributed by atoms with Crippen molar-refractivity contribution < 1.29 is 0 Å². The molecule has 0 aromatic carbocycles. The molecule has 3 heterocycles. The third-order valence-electron chi connectivity index (χ3n) is 2.93. The van der Waals surface area contributed by atoms with Gasteiger partial charge in [0.25, 0.3) is 5.78 Å². The Morgan fingerprint density at radius 3 is 3.14 bits per heavy atom. The second kappa shape index (κ2) is 6.86. The number of rotatable bonds is 7. The highest BCUT2D eigenvalue weighted by Crippen LogP contribution is 2.20. The number of anilines is 1. The number of thiazole rings is 1. The van der Waals surface area contributed by atoms with E-state index in [9.17, 15) is 0 Å². The highest BCUT2D eigenvalue weighted by Gasteiger charge is 2.06. The van der Waals surface area contributed by atoms with Crippen LogP contribution in [0.25, 0.3) is 5.78 Å². The van der Waals surface area contributed by atoms with Gasteiger partial charge in [-0.1, -0.05) is 18.7 Å². The molecule has 0 saturated heterocycles. The van der Waals surface area contributed by atoms with E-state index in [4.69, 9.17) is 0 Å².